The largest absolute Gasteiger partial charge is 0.480 e. The molecular weight excluding hydrogens is 274 g/mol. The molecule has 2 rings (SSSR count). The van der Waals surface area contributed by atoms with Crippen LogP contribution < -0.4 is 0 Å². The number of carboxylic acid groups (broad SMARTS) is 1. The van der Waals surface area contributed by atoms with Crippen LogP contribution in [0.3, 0.4) is 0 Å². The lowest BCUT2D eigenvalue weighted by atomic mass is 9.88. The van der Waals surface area contributed by atoms with Gasteiger partial charge in [-0.2, -0.15) is 0 Å². The lowest BCUT2D eigenvalue weighted by Gasteiger charge is -2.35. The van der Waals surface area contributed by atoms with Crippen molar-refractivity contribution in [3.63, 3.8) is 0 Å². The zero-order chi connectivity index (χ0) is 14.5. The maximum atomic E-state index is 12.4. The second-order valence-electron chi connectivity index (χ2n) is 5.88. The molecule has 0 unspecified atom stereocenters. The van der Waals surface area contributed by atoms with E-state index in [-0.39, 0.29) is 11.3 Å². The van der Waals surface area contributed by atoms with Crippen LogP contribution in [0.5, 0.6) is 0 Å². The van der Waals surface area contributed by atoms with Crippen molar-refractivity contribution in [3.8, 4) is 0 Å². The molecule has 4 nitrogen and oxygen atoms in total. The van der Waals surface area contributed by atoms with Gasteiger partial charge in [0.2, 0.25) is 5.91 Å². The van der Waals surface area contributed by atoms with Crippen LogP contribution in [0.25, 0.3) is 0 Å². The summed E-state index contributed by atoms with van der Waals surface area (Å²) >= 11 is 1.68. The van der Waals surface area contributed by atoms with Gasteiger partial charge in [0.25, 0.3) is 0 Å². The normalized spacial score (nSPS) is 27.8. The van der Waals surface area contributed by atoms with Crippen molar-refractivity contribution < 1.29 is 14.7 Å². The van der Waals surface area contributed by atoms with Crippen LogP contribution in [0.15, 0.2) is 0 Å². The topological polar surface area (TPSA) is 57.6 Å². The molecule has 1 aliphatic heterocycles. The van der Waals surface area contributed by atoms with Crippen LogP contribution in [-0.4, -0.2) is 39.1 Å². The second kappa shape index (κ2) is 7.34. The number of carbonyl (C=O) groups excluding carboxylic acids is 1. The van der Waals surface area contributed by atoms with Crippen molar-refractivity contribution in [1.82, 2.24) is 4.90 Å². The highest BCUT2D eigenvalue weighted by Gasteiger charge is 2.44. The van der Waals surface area contributed by atoms with Gasteiger partial charge in [-0.3, -0.25) is 4.79 Å². The van der Waals surface area contributed by atoms with Crippen molar-refractivity contribution in [2.24, 2.45) is 5.92 Å². The molecule has 1 saturated carbocycles. The quantitative estimate of drug-likeness (QED) is 0.847. The molecule has 1 N–H and O–H groups in total. The number of thioether (sulfide) groups is 1. The van der Waals surface area contributed by atoms with E-state index in [9.17, 15) is 14.7 Å². The number of carboxylic acids is 1. The molecule has 0 radical (unpaired) electrons. The minimum absolute atomic E-state index is 0.0415. The minimum atomic E-state index is -0.847. The highest BCUT2D eigenvalue weighted by molar-refractivity contribution is 8.00. The molecule has 2 fully saturated rings. The number of aliphatic carboxylic acids is 1. The Kier molecular flexibility index (Phi) is 5.75. The van der Waals surface area contributed by atoms with Crippen LogP contribution in [0.2, 0.25) is 0 Å². The number of carbonyl (C=O) groups is 2. The Hall–Kier alpha value is -0.710. The van der Waals surface area contributed by atoms with Gasteiger partial charge in [-0.05, 0) is 25.2 Å². The third-order valence-electron chi connectivity index (χ3n) is 4.41. The second-order valence-corrected chi connectivity index (χ2v) is 7.03. The Morgan fingerprint density at radius 3 is 2.55 bits per heavy atom. The van der Waals surface area contributed by atoms with Crippen LogP contribution in [0.4, 0.5) is 0 Å². The third-order valence-corrected chi connectivity index (χ3v) is 5.87. The Balaban J connectivity index is 2.08. The van der Waals surface area contributed by atoms with Gasteiger partial charge >= 0.3 is 5.97 Å². The summed E-state index contributed by atoms with van der Waals surface area (Å²) < 4.78 is 0. The maximum absolute atomic E-state index is 12.4. The van der Waals surface area contributed by atoms with Crippen molar-refractivity contribution in [2.45, 2.75) is 69.7 Å². The summed E-state index contributed by atoms with van der Waals surface area (Å²) in [5, 5.41) is 9.46. The molecule has 0 aromatic heterocycles. The first-order valence-corrected chi connectivity index (χ1v) is 8.85. The SMILES string of the molecule is CCCCC(=O)N1[C@@H](C(=O)O)CS[C@H]1C1CCCCC1. The van der Waals surface area contributed by atoms with Gasteiger partial charge in [0, 0.05) is 12.2 Å². The molecule has 0 spiro atoms. The molecule has 1 amide bonds. The zero-order valence-electron chi connectivity index (χ0n) is 12.2. The smallest absolute Gasteiger partial charge is 0.327 e. The predicted molar refractivity (Wildman–Crippen MR) is 80.6 cm³/mol. The van der Waals surface area contributed by atoms with Crippen LogP contribution in [-0.2, 0) is 9.59 Å². The first-order valence-electron chi connectivity index (χ1n) is 7.80. The summed E-state index contributed by atoms with van der Waals surface area (Å²) in [6.45, 7) is 2.05. The number of hydrogen-bond donors (Lipinski definition) is 1. The fraction of sp³-hybridized carbons (Fsp3) is 0.867. The molecule has 2 aliphatic rings. The fourth-order valence-electron chi connectivity index (χ4n) is 3.27. The van der Waals surface area contributed by atoms with E-state index in [0.29, 0.717) is 18.1 Å². The highest BCUT2D eigenvalue weighted by atomic mass is 32.2. The molecule has 20 heavy (non-hydrogen) atoms. The number of rotatable bonds is 5. The number of nitrogens with zero attached hydrogens (tertiary/aromatic N) is 1. The highest BCUT2D eigenvalue weighted by Crippen LogP contribution is 2.40. The van der Waals surface area contributed by atoms with Crippen LogP contribution in [0.1, 0.15) is 58.3 Å². The summed E-state index contributed by atoms with van der Waals surface area (Å²) in [6, 6.07) is -0.615. The molecule has 0 bridgehead atoms. The first-order chi connectivity index (χ1) is 9.65. The van der Waals surface area contributed by atoms with Gasteiger partial charge in [0.1, 0.15) is 6.04 Å². The molecule has 5 heteroatoms. The van der Waals surface area contributed by atoms with E-state index in [1.165, 1.54) is 19.3 Å². The van der Waals surface area contributed by atoms with Crippen molar-refractivity contribution in [3.05, 3.63) is 0 Å². The lowest BCUT2D eigenvalue weighted by Crippen LogP contribution is -2.48. The summed E-state index contributed by atoms with van der Waals surface area (Å²) in [7, 11) is 0. The van der Waals surface area contributed by atoms with Crippen molar-refractivity contribution >= 4 is 23.6 Å². The van der Waals surface area contributed by atoms with E-state index in [1.54, 1.807) is 16.7 Å². The van der Waals surface area contributed by atoms with Gasteiger partial charge in [-0.25, -0.2) is 4.79 Å². The van der Waals surface area contributed by atoms with Crippen molar-refractivity contribution in [2.75, 3.05) is 5.75 Å². The molecule has 0 aromatic rings. The summed E-state index contributed by atoms with van der Waals surface area (Å²) in [4.78, 5) is 25.5. The maximum Gasteiger partial charge on any atom is 0.327 e. The Morgan fingerprint density at radius 1 is 1.25 bits per heavy atom. The molecule has 114 valence electrons. The number of hydrogen-bond acceptors (Lipinski definition) is 3. The number of unbranched alkanes of at least 4 members (excludes halogenated alkanes) is 1. The minimum Gasteiger partial charge on any atom is -0.480 e. The average Bonchev–Trinajstić information content (AvgIpc) is 2.90. The van der Waals surface area contributed by atoms with E-state index in [1.807, 2.05) is 0 Å². The average molecular weight is 299 g/mol. The van der Waals surface area contributed by atoms with E-state index >= 15 is 0 Å². The molecule has 1 saturated heterocycles. The summed E-state index contributed by atoms with van der Waals surface area (Å²) in [6.07, 6.45) is 8.31. The van der Waals surface area contributed by atoms with Crippen molar-refractivity contribution in [1.29, 1.82) is 0 Å². The first kappa shape index (κ1) is 15.7. The van der Waals surface area contributed by atoms with Crippen LogP contribution >= 0.6 is 11.8 Å². The van der Waals surface area contributed by atoms with Gasteiger partial charge in [0.15, 0.2) is 0 Å². The molecular formula is C15H25NO3S. The van der Waals surface area contributed by atoms with E-state index in [4.69, 9.17) is 0 Å². The Morgan fingerprint density at radius 2 is 1.95 bits per heavy atom. The van der Waals surface area contributed by atoms with E-state index in [0.717, 1.165) is 25.7 Å². The Bertz CT molecular complexity index is 355. The van der Waals surface area contributed by atoms with E-state index < -0.39 is 12.0 Å². The molecule has 2 atom stereocenters. The van der Waals surface area contributed by atoms with Gasteiger partial charge in [0.05, 0.1) is 5.37 Å². The lowest BCUT2D eigenvalue weighted by molar-refractivity contribution is -0.149. The third kappa shape index (κ3) is 3.48. The van der Waals surface area contributed by atoms with Gasteiger partial charge in [-0.15, -0.1) is 11.8 Å². The molecule has 1 aliphatic carbocycles. The van der Waals surface area contributed by atoms with Gasteiger partial charge in [-0.1, -0.05) is 32.6 Å². The zero-order valence-corrected chi connectivity index (χ0v) is 13.0. The van der Waals surface area contributed by atoms with Gasteiger partial charge < -0.3 is 10.0 Å². The Labute approximate surface area is 125 Å². The van der Waals surface area contributed by atoms with E-state index in [2.05, 4.69) is 6.92 Å². The monoisotopic (exact) mass is 299 g/mol. The summed E-state index contributed by atoms with van der Waals surface area (Å²) in [5.41, 5.74) is 0. The van der Waals surface area contributed by atoms with Crippen LogP contribution in [0, 0.1) is 5.92 Å². The summed E-state index contributed by atoms with van der Waals surface area (Å²) in [5.74, 6) is 0.234. The standard InChI is InChI=1S/C15H25NO3S/c1-2-3-9-13(17)16-12(15(18)19)10-20-14(16)11-7-5-4-6-8-11/h11-12,14H,2-10H2,1H3,(H,18,19)/t12-,14+/m1/s1. The molecule has 1 heterocycles. The number of amides is 1. The fourth-order valence-corrected chi connectivity index (χ4v) is 4.93. The predicted octanol–water partition coefficient (Wildman–Crippen LogP) is 3.11. The molecule has 0 aromatic carbocycles.